The smallest absolute Gasteiger partial charge is 0.315 e. The Kier molecular flexibility index (Phi) is 5.87. The molecule has 0 saturated carbocycles. The maximum absolute atomic E-state index is 12.6. The number of rotatable bonds is 6. The molecule has 6 nitrogen and oxygen atoms in total. The van der Waals surface area contributed by atoms with Crippen LogP contribution in [0.15, 0.2) is 24.3 Å². The van der Waals surface area contributed by atoms with Crippen molar-refractivity contribution in [3.63, 3.8) is 0 Å². The van der Waals surface area contributed by atoms with E-state index in [0.29, 0.717) is 40.5 Å². The standard InChI is InChI=1S/C22H24O6/c1-13-8-9-17(21-15(13)6-5-7-16(21)23)28-20(24)12-14-10-18(25-2)22(27-4)19(11-14)26-3/h8-11H,5-7,12H2,1-4H3. The summed E-state index contributed by atoms with van der Waals surface area (Å²) in [6.45, 7) is 1.97. The Labute approximate surface area is 164 Å². The molecule has 1 aliphatic rings. The van der Waals surface area contributed by atoms with Gasteiger partial charge in [0.25, 0.3) is 0 Å². The molecular formula is C22H24O6. The predicted molar refractivity (Wildman–Crippen MR) is 104 cm³/mol. The molecule has 0 aliphatic heterocycles. The molecule has 0 radical (unpaired) electrons. The molecule has 0 amide bonds. The molecule has 3 rings (SSSR count). The summed E-state index contributed by atoms with van der Waals surface area (Å²) in [4.78, 5) is 25.0. The summed E-state index contributed by atoms with van der Waals surface area (Å²) < 4.78 is 21.5. The minimum atomic E-state index is -0.460. The van der Waals surface area contributed by atoms with Crippen LogP contribution in [-0.4, -0.2) is 33.1 Å². The maximum atomic E-state index is 12.6. The van der Waals surface area contributed by atoms with Gasteiger partial charge >= 0.3 is 5.97 Å². The van der Waals surface area contributed by atoms with Crippen LogP contribution in [0.4, 0.5) is 0 Å². The number of carbonyl (C=O) groups excluding carboxylic acids is 2. The molecule has 1 aliphatic carbocycles. The minimum Gasteiger partial charge on any atom is -0.493 e. The van der Waals surface area contributed by atoms with Crippen molar-refractivity contribution in [3.05, 3.63) is 46.5 Å². The lowest BCUT2D eigenvalue weighted by Crippen LogP contribution is -2.18. The molecule has 0 aromatic heterocycles. The van der Waals surface area contributed by atoms with Crippen LogP contribution in [0.2, 0.25) is 0 Å². The third-order valence-electron chi connectivity index (χ3n) is 4.92. The first-order valence-corrected chi connectivity index (χ1v) is 9.13. The zero-order valence-electron chi connectivity index (χ0n) is 16.6. The first-order chi connectivity index (χ1) is 13.5. The van der Waals surface area contributed by atoms with E-state index in [1.807, 2.05) is 13.0 Å². The van der Waals surface area contributed by atoms with Gasteiger partial charge in [0, 0.05) is 6.42 Å². The highest BCUT2D eigenvalue weighted by Crippen LogP contribution is 2.38. The summed E-state index contributed by atoms with van der Waals surface area (Å²) in [5.74, 6) is 1.29. The van der Waals surface area contributed by atoms with Crippen LogP contribution in [0.5, 0.6) is 23.0 Å². The molecule has 0 atom stereocenters. The van der Waals surface area contributed by atoms with Gasteiger partial charge in [0.2, 0.25) is 5.75 Å². The third kappa shape index (κ3) is 3.81. The van der Waals surface area contributed by atoms with E-state index in [-0.39, 0.29) is 12.2 Å². The van der Waals surface area contributed by atoms with E-state index < -0.39 is 5.97 Å². The number of carbonyl (C=O) groups is 2. The average molecular weight is 384 g/mol. The zero-order valence-corrected chi connectivity index (χ0v) is 16.6. The number of fused-ring (bicyclic) bond motifs is 1. The largest absolute Gasteiger partial charge is 0.493 e. The van der Waals surface area contributed by atoms with Gasteiger partial charge in [0.15, 0.2) is 17.3 Å². The van der Waals surface area contributed by atoms with Crippen molar-refractivity contribution in [3.8, 4) is 23.0 Å². The van der Waals surface area contributed by atoms with E-state index in [1.165, 1.54) is 21.3 Å². The Balaban J connectivity index is 1.85. The number of ketones is 1. The molecule has 0 N–H and O–H groups in total. The maximum Gasteiger partial charge on any atom is 0.315 e. The fourth-order valence-electron chi connectivity index (χ4n) is 3.56. The lowest BCUT2D eigenvalue weighted by atomic mass is 9.87. The molecule has 2 aromatic rings. The van der Waals surface area contributed by atoms with E-state index in [2.05, 4.69) is 0 Å². The number of Topliss-reactive ketones (excluding diaryl/α,β-unsaturated/α-hetero) is 1. The van der Waals surface area contributed by atoms with E-state index in [1.54, 1.807) is 18.2 Å². The molecule has 2 aromatic carbocycles. The Morgan fingerprint density at radius 2 is 1.64 bits per heavy atom. The number of methoxy groups -OCH3 is 3. The van der Waals surface area contributed by atoms with Gasteiger partial charge in [-0.05, 0) is 54.7 Å². The number of ether oxygens (including phenoxy) is 4. The molecule has 148 valence electrons. The highest BCUT2D eigenvalue weighted by molar-refractivity contribution is 6.02. The summed E-state index contributed by atoms with van der Waals surface area (Å²) in [5.41, 5.74) is 3.23. The van der Waals surface area contributed by atoms with Crippen LogP contribution in [0.3, 0.4) is 0 Å². The Bertz CT molecular complexity index is 890. The summed E-state index contributed by atoms with van der Waals surface area (Å²) in [7, 11) is 4.55. The van der Waals surface area contributed by atoms with Gasteiger partial charge in [-0.25, -0.2) is 0 Å². The molecule has 6 heteroatoms. The van der Waals surface area contributed by atoms with E-state index in [9.17, 15) is 9.59 Å². The van der Waals surface area contributed by atoms with Crippen molar-refractivity contribution in [2.24, 2.45) is 0 Å². The quantitative estimate of drug-likeness (QED) is 0.559. The van der Waals surface area contributed by atoms with Crippen LogP contribution in [0, 0.1) is 6.92 Å². The van der Waals surface area contributed by atoms with Gasteiger partial charge in [0.1, 0.15) is 5.75 Å². The van der Waals surface area contributed by atoms with Crippen LogP contribution >= 0.6 is 0 Å². The van der Waals surface area contributed by atoms with Gasteiger partial charge in [0.05, 0.1) is 33.3 Å². The summed E-state index contributed by atoms with van der Waals surface area (Å²) in [5, 5.41) is 0. The monoisotopic (exact) mass is 384 g/mol. The highest BCUT2D eigenvalue weighted by atomic mass is 16.5. The number of esters is 1. The van der Waals surface area contributed by atoms with Crippen LogP contribution in [0.25, 0.3) is 0 Å². The van der Waals surface area contributed by atoms with Crippen LogP contribution in [0.1, 0.15) is 39.9 Å². The molecule has 0 unspecified atom stereocenters. The second kappa shape index (κ2) is 8.33. The second-order valence-electron chi connectivity index (χ2n) is 6.70. The summed E-state index contributed by atoms with van der Waals surface area (Å²) >= 11 is 0. The van der Waals surface area contributed by atoms with Gasteiger partial charge < -0.3 is 18.9 Å². The predicted octanol–water partition coefficient (Wildman–Crippen LogP) is 3.69. The fraction of sp³-hybridized carbons (Fsp3) is 0.364. The molecule has 0 heterocycles. The van der Waals surface area contributed by atoms with E-state index in [4.69, 9.17) is 18.9 Å². The number of aryl methyl sites for hydroxylation is 1. The van der Waals surface area contributed by atoms with Gasteiger partial charge in [-0.15, -0.1) is 0 Å². The van der Waals surface area contributed by atoms with Crippen LogP contribution in [-0.2, 0) is 17.6 Å². The van der Waals surface area contributed by atoms with Gasteiger partial charge in [-0.3, -0.25) is 9.59 Å². The molecule has 0 fully saturated rings. The highest BCUT2D eigenvalue weighted by Gasteiger charge is 2.25. The fourth-order valence-corrected chi connectivity index (χ4v) is 3.56. The molecule has 0 bridgehead atoms. The third-order valence-corrected chi connectivity index (χ3v) is 4.92. The number of hydrogen-bond donors (Lipinski definition) is 0. The topological polar surface area (TPSA) is 71.1 Å². The molecule has 0 spiro atoms. The lowest BCUT2D eigenvalue weighted by Gasteiger charge is -2.20. The molecule has 28 heavy (non-hydrogen) atoms. The first-order valence-electron chi connectivity index (χ1n) is 9.13. The Hall–Kier alpha value is -3.02. The van der Waals surface area contributed by atoms with Crippen molar-refractivity contribution in [1.29, 1.82) is 0 Å². The average Bonchev–Trinajstić information content (AvgIpc) is 2.69. The minimum absolute atomic E-state index is 0.00749. The SMILES string of the molecule is COc1cc(CC(=O)Oc2ccc(C)c3c2C(=O)CCC3)cc(OC)c1OC. The van der Waals surface area contributed by atoms with Gasteiger partial charge in [-0.1, -0.05) is 6.07 Å². The second-order valence-corrected chi connectivity index (χ2v) is 6.70. The summed E-state index contributed by atoms with van der Waals surface area (Å²) in [6.07, 6.45) is 2.14. The van der Waals surface area contributed by atoms with Crippen LogP contribution < -0.4 is 18.9 Å². The van der Waals surface area contributed by atoms with Crippen molar-refractivity contribution in [2.45, 2.75) is 32.6 Å². The van der Waals surface area contributed by atoms with Crippen molar-refractivity contribution in [1.82, 2.24) is 0 Å². The van der Waals surface area contributed by atoms with Crippen molar-refractivity contribution < 1.29 is 28.5 Å². The normalized spacial score (nSPS) is 12.9. The summed E-state index contributed by atoms with van der Waals surface area (Å²) in [6, 6.07) is 7.00. The molecule has 0 saturated heterocycles. The Morgan fingerprint density at radius 3 is 2.25 bits per heavy atom. The number of benzene rings is 2. The van der Waals surface area contributed by atoms with Gasteiger partial charge in [-0.2, -0.15) is 0 Å². The molecular weight excluding hydrogens is 360 g/mol. The number of hydrogen-bond acceptors (Lipinski definition) is 6. The van der Waals surface area contributed by atoms with E-state index >= 15 is 0 Å². The Morgan fingerprint density at radius 1 is 0.964 bits per heavy atom. The zero-order chi connectivity index (χ0) is 20.3. The first kappa shape index (κ1) is 19.7. The lowest BCUT2D eigenvalue weighted by molar-refractivity contribution is -0.133. The van der Waals surface area contributed by atoms with Crippen molar-refractivity contribution in [2.75, 3.05) is 21.3 Å². The van der Waals surface area contributed by atoms with E-state index in [0.717, 1.165) is 24.0 Å². The van der Waals surface area contributed by atoms with Crippen molar-refractivity contribution >= 4 is 11.8 Å².